The van der Waals surface area contributed by atoms with E-state index >= 15 is 0 Å². The summed E-state index contributed by atoms with van der Waals surface area (Å²) in [4.78, 5) is 10.1. The van der Waals surface area contributed by atoms with E-state index in [4.69, 9.17) is 45.3 Å². The Hall–Kier alpha value is -1.69. The maximum absolute atomic E-state index is 10.7. The molecule has 2 aromatic rings. The van der Waals surface area contributed by atoms with Crippen molar-refractivity contribution in [1.82, 2.24) is 0 Å². The van der Waals surface area contributed by atoms with E-state index in [-0.39, 0.29) is 27.2 Å². The number of hydrogen-bond donors (Lipinski definition) is 1. The molecule has 0 fully saturated rings. The molecule has 104 valence electrons. The highest BCUT2D eigenvalue weighted by Crippen LogP contribution is 2.39. The second-order valence-corrected chi connectivity index (χ2v) is 5.03. The first-order valence-electron chi connectivity index (χ1n) is 5.25. The Morgan fingerprint density at radius 1 is 1.05 bits per heavy atom. The molecule has 8 heteroatoms. The minimum atomic E-state index is -0.625. The normalized spacial score (nSPS) is 10.3. The molecule has 0 aromatic heterocycles. The van der Waals surface area contributed by atoms with E-state index in [0.717, 1.165) is 6.07 Å². The Labute approximate surface area is 129 Å². The number of nitrogens with two attached hydrogens (primary N) is 1. The summed E-state index contributed by atoms with van der Waals surface area (Å²) in [5.74, 6) is 0.477. The highest BCUT2D eigenvalue weighted by molar-refractivity contribution is 6.35. The van der Waals surface area contributed by atoms with Crippen LogP contribution in [-0.4, -0.2) is 4.92 Å². The van der Waals surface area contributed by atoms with E-state index in [1.54, 1.807) is 12.1 Å². The fourth-order valence-electron chi connectivity index (χ4n) is 1.47. The molecule has 0 aliphatic heterocycles. The number of hydrogen-bond acceptors (Lipinski definition) is 4. The molecule has 0 saturated carbocycles. The van der Waals surface area contributed by atoms with E-state index in [0.29, 0.717) is 10.8 Å². The van der Waals surface area contributed by atoms with Gasteiger partial charge in [0.25, 0.3) is 5.69 Å². The van der Waals surface area contributed by atoms with Gasteiger partial charge in [0, 0.05) is 17.2 Å². The third-order valence-electron chi connectivity index (χ3n) is 2.39. The van der Waals surface area contributed by atoms with Gasteiger partial charge >= 0.3 is 0 Å². The summed E-state index contributed by atoms with van der Waals surface area (Å²) in [7, 11) is 0. The molecule has 2 aromatic carbocycles. The van der Waals surface area contributed by atoms with E-state index in [1.807, 2.05) is 0 Å². The standard InChI is InChI=1S/C12H7Cl3N2O3/c13-6-1-2-11(7(14)3-6)20-12-5-9(16)10(17(18)19)4-8(12)15/h1-5H,16H2. The van der Waals surface area contributed by atoms with Gasteiger partial charge in [-0.25, -0.2) is 0 Å². The zero-order valence-corrected chi connectivity index (χ0v) is 12.0. The molecular weight excluding hydrogens is 327 g/mol. The minimum absolute atomic E-state index is 0.0527. The van der Waals surface area contributed by atoms with Crippen molar-refractivity contribution >= 4 is 46.2 Å². The van der Waals surface area contributed by atoms with Crippen molar-refractivity contribution < 1.29 is 9.66 Å². The van der Waals surface area contributed by atoms with Crippen LogP contribution in [0.4, 0.5) is 11.4 Å². The van der Waals surface area contributed by atoms with Gasteiger partial charge in [-0.2, -0.15) is 0 Å². The van der Waals surface area contributed by atoms with E-state index in [1.165, 1.54) is 12.1 Å². The van der Waals surface area contributed by atoms with Crippen LogP contribution in [0.3, 0.4) is 0 Å². The average molecular weight is 334 g/mol. The lowest BCUT2D eigenvalue weighted by molar-refractivity contribution is -0.383. The number of benzene rings is 2. The van der Waals surface area contributed by atoms with Crippen LogP contribution in [0, 0.1) is 10.1 Å². The predicted octanol–water partition coefficient (Wildman–Crippen LogP) is 4.93. The molecule has 0 bridgehead atoms. The summed E-state index contributed by atoms with van der Waals surface area (Å²) in [5, 5.41) is 11.5. The van der Waals surface area contributed by atoms with Crippen molar-refractivity contribution in [3.63, 3.8) is 0 Å². The second kappa shape index (κ2) is 5.75. The van der Waals surface area contributed by atoms with Gasteiger partial charge < -0.3 is 10.5 Å². The third-order valence-corrected chi connectivity index (χ3v) is 3.22. The Morgan fingerprint density at radius 2 is 1.70 bits per heavy atom. The molecule has 0 amide bonds. The summed E-state index contributed by atoms with van der Waals surface area (Å²) in [6, 6.07) is 7.03. The molecule has 2 rings (SSSR count). The van der Waals surface area contributed by atoms with Crippen LogP contribution in [-0.2, 0) is 0 Å². The van der Waals surface area contributed by atoms with Crippen molar-refractivity contribution in [3.05, 3.63) is 55.5 Å². The predicted molar refractivity (Wildman–Crippen MR) is 79.1 cm³/mol. The van der Waals surface area contributed by atoms with Gasteiger partial charge in [-0.15, -0.1) is 0 Å². The number of nitrogen functional groups attached to an aromatic ring is 1. The Bertz CT molecular complexity index is 692. The van der Waals surface area contributed by atoms with Gasteiger partial charge in [-0.05, 0) is 18.2 Å². The lowest BCUT2D eigenvalue weighted by Gasteiger charge is -2.10. The minimum Gasteiger partial charge on any atom is -0.454 e. The Kier molecular flexibility index (Phi) is 4.23. The van der Waals surface area contributed by atoms with Crippen molar-refractivity contribution in [2.75, 3.05) is 5.73 Å². The number of ether oxygens (including phenoxy) is 1. The smallest absolute Gasteiger partial charge is 0.293 e. The van der Waals surface area contributed by atoms with Crippen molar-refractivity contribution in [2.45, 2.75) is 0 Å². The molecule has 5 nitrogen and oxygen atoms in total. The zero-order chi connectivity index (χ0) is 14.9. The van der Waals surface area contributed by atoms with Crippen LogP contribution >= 0.6 is 34.8 Å². The first kappa shape index (κ1) is 14.7. The summed E-state index contributed by atoms with van der Waals surface area (Å²) in [5.41, 5.74) is 5.23. The molecule has 0 atom stereocenters. The van der Waals surface area contributed by atoms with Gasteiger partial charge in [-0.3, -0.25) is 10.1 Å². The summed E-state index contributed by atoms with van der Waals surface area (Å²) >= 11 is 17.7. The van der Waals surface area contributed by atoms with E-state index < -0.39 is 4.92 Å². The van der Waals surface area contributed by atoms with Crippen molar-refractivity contribution in [2.24, 2.45) is 0 Å². The second-order valence-electron chi connectivity index (χ2n) is 3.78. The molecular formula is C12H7Cl3N2O3. The monoisotopic (exact) mass is 332 g/mol. The molecule has 2 N–H and O–H groups in total. The van der Waals surface area contributed by atoms with Crippen LogP contribution in [0.2, 0.25) is 15.1 Å². The molecule has 0 unspecified atom stereocenters. The summed E-state index contributed by atoms with van der Waals surface area (Å²) < 4.78 is 5.49. The topological polar surface area (TPSA) is 78.4 Å². The average Bonchev–Trinajstić information content (AvgIpc) is 2.36. The van der Waals surface area contributed by atoms with Gasteiger partial charge in [0.05, 0.1) is 15.0 Å². The Balaban J connectivity index is 2.39. The lowest BCUT2D eigenvalue weighted by Crippen LogP contribution is -1.97. The number of nitro groups is 1. The number of nitrogens with zero attached hydrogens (tertiary/aromatic N) is 1. The van der Waals surface area contributed by atoms with Crippen molar-refractivity contribution in [3.8, 4) is 11.5 Å². The van der Waals surface area contributed by atoms with Crippen LogP contribution in [0.5, 0.6) is 11.5 Å². The fraction of sp³-hybridized carbons (Fsp3) is 0. The highest BCUT2D eigenvalue weighted by atomic mass is 35.5. The Morgan fingerprint density at radius 3 is 2.30 bits per heavy atom. The quantitative estimate of drug-likeness (QED) is 0.491. The molecule has 0 aliphatic rings. The zero-order valence-electron chi connectivity index (χ0n) is 9.77. The molecule has 0 radical (unpaired) electrons. The number of nitro benzene ring substituents is 1. The van der Waals surface area contributed by atoms with Gasteiger partial charge in [-0.1, -0.05) is 34.8 Å². The number of rotatable bonds is 3. The van der Waals surface area contributed by atoms with Gasteiger partial charge in [0.15, 0.2) is 0 Å². The molecule has 0 heterocycles. The van der Waals surface area contributed by atoms with E-state index in [9.17, 15) is 10.1 Å². The molecule has 0 spiro atoms. The number of halogens is 3. The maximum atomic E-state index is 10.7. The highest BCUT2D eigenvalue weighted by Gasteiger charge is 2.17. The largest absolute Gasteiger partial charge is 0.454 e. The summed E-state index contributed by atoms with van der Waals surface area (Å²) in [6.07, 6.45) is 0. The third kappa shape index (κ3) is 3.07. The molecule has 0 aliphatic carbocycles. The van der Waals surface area contributed by atoms with Crippen LogP contribution in [0.1, 0.15) is 0 Å². The molecule has 20 heavy (non-hydrogen) atoms. The SMILES string of the molecule is Nc1cc(Oc2ccc(Cl)cc2Cl)c(Cl)cc1[N+](=O)[O-]. The first-order valence-corrected chi connectivity index (χ1v) is 6.38. The first-order chi connectivity index (χ1) is 9.38. The lowest BCUT2D eigenvalue weighted by atomic mass is 10.2. The van der Waals surface area contributed by atoms with Gasteiger partial charge in [0.2, 0.25) is 0 Å². The fourth-order valence-corrected chi connectivity index (χ4v) is 2.11. The van der Waals surface area contributed by atoms with Crippen molar-refractivity contribution in [1.29, 1.82) is 0 Å². The van der Waals surface area contributed by atoms with Crippen LogP contribution < -0.4 is 10.5 Å². The number of anilines is 1. The van der Waals surface area contributed by atoms with E-state index in [2.05, 4.69) is 0 Å². The molecule has 0 saturated heterocycles. The van der Waals surface area contributed by atoms with Gasteiger partial charge in [0.1, 0.15) is 17.2 Å². The van der Waals surface area contributed by atoms with Crippen LogP contribution in [0.25, 0.3) is 0 Å². The summed E-state index contributed by atoms with van der Waals surface area (Å²) in [6.45, 7) is 0. The van der Waals surface area contributed by atoms with Crippen LogP contribution in [0.15, 0.2) is 30.3 Å². The maximum Gasteiger partial charge on any atom is 0.293 e.